The third-order valence-corrected chi connectivity index (χ3v) is 4.72. The van der Waals surface area contributed by atoms with Gasteiger partial charge in [-0.05, 0) is 37.0 Å². The molecule has 2 bridgehead atoms. The van der Waals surface area contributed by atoms with Crippen LogP contribution in [0.3, 0.4) is 0 Å². The highest BCUT2D eigenvalue weighted by Crippen LogP contribution is 2.43. The summed E-state index contributed by atoms with van der Waals surface area (Å²) in [5, 5.41) is 4.12. The van der Waals surface area contributed by atoms with Crippen molar-refractivity contribution in [3.8, 4) is 11.5 Å². The van der Waals surface area contributed by atoms with Crippen molar-refractivity contribution in [2.75, 3.05) is 14.2 Å². The summed E-state index contributed by atoms with van der Waals surface area (Å²) >= 11 is 0. The molecule has 0 amide bonds. The van der Waals surface area contributed by atoms with Gasteiger partial charge >= 0.3 is 0 Å². The molecule has 1 aromatic heterocycles. The molecule has 6 nitrogen and oxygen atoms in total. The van der Waals surface area contributed by atoms with Gasteiger partial charge in [-0.3, -0.25) is 0 Å². The Hall–Kier alpha value is -2.08. The number of fused-ring (bicyclic) bond motifs is 2. The van der Waals surface area contributed by atoms with Crippen molar-refractivity contribution in [1.82, 2.24) is 10.1 Å². The van der Waals surface area contributed by atoms with Gasteiger partial charge in [-0.15, -0.1) is 0 Å². The molecule has 0 radical (unpaired) electrons. The van der Waals surface area contributed by atoms with Crippen LogP contribution in [0.2, 0.25) is 0 Å². The Balaban J connectivity index is 1.49. The van der Waals surface area contributed by atoms with Gasteiger partial charge in [0.1, 0.15) is 0 Å². The summed E-state index contributed by atoms with van der Waals surface area (Å²) in [5.41, 5.74) is 1.05. The summed E-state index contributed by atoms with van der Waals surface area (Å²) in [6, 6.07) is 5.81. The molecule has 23 heavy (non-hydrogen) atoms. The van der Waals surface area contributed by atoms with E-state index in [0.29, 0.717) is 35.7 Å². The first-order valence-corrected chi connectivity index (χ1v) is 7.95. The van der Waals surface area contributed by atoms with Crippen LogP contribution < -0.4 is 9.47 Å². The molecule has 2 saturated heterocycles. The van der Waals surface area contributed by atoms with Crippen LogP contribution in [0, 0.1) is 0 Å². The van der Waals surface area contributed by atoms with Crippen LogP contribution in [0.15, 0.2) is 22.7 Å². The van der Waals surface area contributed by atoms with E-state index in [2.05, 4.69) is 10.1 Å². The lowest BCUT2D eigenvalue weighted by Crippen LogP contribution is -2.14. The maximum Gasteiger partial charge on any atom is 0.232 e. The van der Waals surface area contributed by atoms with Crippen molar-refractivity contribution >= 4 is 0 Å². The minimum atomic E-state index is 0.259. The van der Waals surface area contributed by atoms with Crippen molar-refractivity contribution in [2.24, 2.45) is 0 Å². The van der Waals surface area contributed by atoms with E-state index >= 15 is 0 Å². The number of nitrogens with zero attached hydrogens (tertiary/aromatic N) is 2. The van der Waals surface area contributed by atoms with E-state index in [1.54, 1.807) is 14.2 Å². The van der Waals surface area contributed by atoms with Crippen LogP contribution in [0.4, 0.5) is 0 Å². The molecular weight excluding hydrogens is 296 g/mol. The molecule has 3 atom stereocenters. The van der Waals surface area contributed by atoms with E-state index in [1.165, 1.54) is 0 Å². The van der Waals surface area contributed by atoms with Crippen LogP contribution >= 0.6 is 0 Å². The van der Waals surface area contributed by atoms with E-state index in [9.17, 15) is 0 Å². The second-order valence-corrected chi connectivity index (χ2v) is 6.13. The second-order valence-electron chi connectivity index (χ2n) is 6.13. The van der Waals surface area contributed by atoms with Crippen LogP contribution in [0.5, 0.6) is 11.5 Å². The fraction of sp³-hybridized carbons (Fsp3) is 0.529. The smallest absolute Gasteiger partial charge is 0.232 e. The van der Waals surface area contributed by atoms with Crippen molar-refractivity contribution in [3.63, 3.8) is 0 Å². The lowest BCUT2D eigenvalue weighted by molar-refractivity contribution is 0.0974. The zero-order valence-corrected chi connectivity index (χ0v) is 13.3. The lowest BCUT2D eigenvalue weighted by atomic mass is 9.89. The van der Waals surface area contributed by atoms with Gasteiger partial charge < -0.3 is 18.7 Å². The molecule has 2 fully saturated rings. The highest BCUT2D eigenvalue weighted by molar-refractivity contribution is 5.43. The van der Waals surface area contributed by atoms with E-state index in [4.69, 9.17) is 18.7 Å². The second kappa shape index (κ2) is 5.85. The number of hydrogen-bond donors (Lipinski definition) is 0. The predicted octanol–water partition coefficient (Wildman–Crippen LogP) is 2.71. The first-order chi connectivity index (χ1) is 11.3. The molecule has 4 rings (SSSR count). The highest BCUT2D eigenvalue weighted by Gasteiger charge is 2.44. The Labute approximate surface area is 134 Å². The molecule has 2 aromatic rings. The summed E-state index contributed by atoms with van der Waals surface area (Å²) in [6.45, 7) is 0. The topological polar surface area (TPSA) is 66.6 Å². The van der Waals surface area contributed by atoms with Gasteiger partial charge in [-0.2, -0.15) is 4.98 Å². The number of methoxy groups -OCH3 is 2. The average molecular weight is 316 g/mol. The van der Waals surface area contributed by atoms with Gasteiger partial charge in [0.05, 0.1) is 32.3 Å². The average Bonchev–Trinajstić information content (AvgIpc) is 3.31. The standard InChI is InChI=1S/C17H20N2O4/c1-20-14-5-3-10(7-15(14)21-2)8-16-18-17(23-19-16)12-9-11-4-6-13(12)22-11/h3,5,7,11-13H,4,6,8-9H2,1-2H3/t11-,12-,13-/m1/s1. The summed E-state index contributed by atoms with van der Waals surface area (Å²) in [6.07, 6.45) is 4.51. The van der Waals surface area contributed by atoms with Crippen LogP contribution in [-0.2, 0) is 11.2 Å². The fourth-order valence-corrected chi connectivity index (χ4v) is 3.56. The molecular formula is C17H20N2O4. The van der Waals surface area contributed by atoms with Gasteiger partial charge in [0.2, 0.25) is 5.89 Å². The van der Waals surface area contributed by atoms with E-state index < -0.39 is 0 Å². The van der Waals surface area contributed by atoms with E-state index in [-0.39, 0.29) is 12.0 Å². The molecule has 0 unspecified atom stereocenters. The number of rotatable bonds is 5. The number of hydrogen-bond acceptors (Lipinski definition) is 6. The molecule has 0 aliphatic carbocycles. The zero-order valence-electron chi connectivity index (χ0n) is 13.3. The Morgan fingerprint density at radius 2 is 2.04 bits per heavy atom. The minimum absolute atomic E-state index is 0.259. The van der Waals surface area contributed by atoms with Crippen molar-refractivity contribution < 1.29 is 18.7 Å². The van der Waals surface area contributed by atoms with Crippen LogP contribution in [-0.4, -0.2) is 36.6 Å². The highest BCUT2D eigenvalue weighted by atomic mass is 16.5. The van der Waals surface area contributed by atoms with Crippen molar-refractivity contribution in [2.45, 2.75) is 43.8 Å². The number of aromatic nitrogens is 2. The minimum Gasteiger partial charge on any atom is -0.493 e. The summed E-state index contributed by atoms with van der Waals surface area (Å²) < 4.78 is 21.9. The van der Waals surface area contributed by atoms with Gasteiger partial charge in [-0.25, -0.2) is 0 Å². The molecule has 122 valence electrons. The number of benzene rings is 1. The Morgan fingerprint density at radius 1 is 1.17 bits per heavy atom. The van der Waals surface area contributed by atoms with Crippen LogP contribution in [0.1, 0.15) is 42.5 Å². The van der Waals surface area contributed by atoms with E-state index in [1.807, 2.05) is 18.2 Å². The first-order valence-electron chi connectivity index (χ1n) is 7.95. The predicted molar refractivity (Wildman–Crippen MR) is 81.9 cm³/mol. The summed E-state index contributed by atoms with van der Waals surface area (Å²) in [7, 11) is 3.25. The third-order valence-electron chi connectivity index (χ3n) is 4.72. The molecule has 3 heterocycles. The maximum atomic E-state index is 5.86. The van der Waals surface area contributed by atoms with Gasteiger partial charge in [0, 0.05) is 6.42 Å². The van der Waals surface area contributed by atoms with Gasteiger partial charge in [0.25, 0.3) is 0 Å². The quantitative estimate of drug-likeness (QED) is 0.845. The maximum absolute atomic E-state index is 5.86. The molecule has 1 aromatic carbocycles. The Morgan fingerprint density at radius 3 is 2.74 bits per heavy atom. The molecule has 0 saturated carbocycles. The van der Waals surface area contributed by atoms with Crippen molar-refractivity contribution in [1.29, 1.82) is 0 Å². The summed E-state index contributed by atoms with van der Waals surface area (Å²) in [4.78, 5) is 4.57. The molecule has 0 N–H and O–H groups in total. The zero-order chi connectivity index (χ0) is 15.8. The Bertz CT molecular complexity index is 700. The van der Waals surface area contributed by atoms with Gasteiger partial charge in [-0.1, -0.05) is 11.2 Å². The van der Waals surface area contributed by atoms with Crippen LogP contribution in [0.25, 0.3) is 0 Å². The van der Waals surface area contributed by atoms with E-state index in [0.717, 1.165) is 24.8 Å². The molecule has 6 heteroatoms. The Kier molecular flexibility index (Phi) is 3.69. The third kappa shape index (κ3) is 2.67. The fourth-order valence-electron chi connectivity index (χ4n) is 3.56. The largest absolute Gasteiger partial charge is 0.493 e. The molecule has 2 aliphatic rings. The monoisotopic (exact) mass is 316 g/mol. The van der Waals surface area contributed by atoms with Gasteiger partial charge in [0.15, 0.2) is 17.3 Å². The number of ether oxygens (including phenoxy) is 3. The van der Waals surface area contributed by atoms with Crippen molar-refractivity contribution in [3.05, 3.63) is 35.5 Å². The molecule has 2 aliphatic heterocycles. The molecule has 0 spiro atoms. The normalized spacial score (nSPS) is 25.7. The lowest BCUT2D eigenvalue weighted by Gasteiger charge is -2.13. The summed E-state index contributed by atoms with van der Waals surface area (Å²) in [5.74, 6) is 3.09. The first kappa shape index (κ1) is 14.5. The SMILES string of the molecule is COc1ccc(Cc2noc([C@@H]3C[C@H]4CC[C@H]3O4)n2)cc1OC.